The summed E-state index contributed by atoms with van der Waals surface area (Å²) in [7, 11) is 0. The minimum atomic E-state index is -0.752. The summed E-state index contributed by atoms with van der Waals surface area (Å²) < 4.78 is 0. The van der Waals surface area contributed by atoms with Crippen molar-refractivity contribution in [3.63, 3.8) is 0 Å². The number of nitrogens with one attached hydrogen (secondary N) is 2. The Labute approximate surface area is 171 Å². The van der Waals surface area contributed by atoms with Crippen molar-refractivity contribution in [1.29, 1.82) is 0 Å². The van der Waals surface area contributed by atoms with Crippen molar-refractivity contribution < 1.29 is 9.59 Å². The van der Waals surface area contributed by atoms with E-state index in [0.29, 0.717) is 12.1 Å². The predicted octanol–water partition coefficient (Wildman–Crippen LogP) is 3.96. The van der Waals surface area contributed by atoms with Crippen molar-refractivity contribution in [3.8, 4) is 0 Å². The van der Waals surface area contributed by atoms with Crippen LogP contribution in [0.15, 0.2) is 78.9 Å². The van der Waals surface area contributed by atoms with E-state index in [0.717, 1.165) is 24.0 Å². The molecule has 0 spiro atoms. The first-order valence-corrected chi connectivity index (χ1v) is 10.00. The maximum absolute atomic E-state index is 13.0. The summed E-state index contributed by atoms with van der Waals surface area (Å²) in [6, 6.07) is 23.9. The van der Waals surface area contributed by atoms with Crippen LogP contribution in [0.5, 0.6) is 0 Å². The number of amides is 2. The van der Waals surface area contributed by atoms with Crippen LogP contribution < -0.4 is 10.6 Å². The van der Waals surface area contributed by atoms with Crippen LogP contribution in [-0.4, -0.2) is 11.8 Å². The van der Waals surface area contributed by atoms with E-state index in [4.69, 9.17) is 0 Å². The number of rotatable bonds is 6. The quantitative estimate of drug-likeness (QED) is 0.676. The molecule has 0 saturated heterocycles. The van der Waals surface area contributed by atoms with E-state index in [9.17, 15) is 9.59 Å². The minimum absolute atomic E-state index is 0.221. The molecule has 1 aliphatic rings. The molecule has 1 atom stereocenters. The largest absolute Gasteiger partial charge is 0.350 e. The van der Waals surface area contributed by atoms with Crippen molar-refractivity contribution in [2.75, 3.05) is 0 Å². The Morgan fingerprint density at radius 1 is 0.828 bits per heavy atom. The first-order chi connectivity index (χ1) is 14.2. The number of benzene rings is 3. The van der Waals surface area contributed by atoms with Gasteiger partial charge in [0.25, 0.3) is 5.91 Å². The smallest absolute Gasteiger partial charge is 0.252 e. The fourth-order valence-corrected chi connectivity index (χ4v) is 3.78. The van der Waals surface area contributed by atoms with Gasteiger partial charge >= 0.3 is 0 Å². The van der Waals surface area contributed by atoms with Gasteiger partial charge in [0.1, 0.15) is 6.04 Å². The molecule has 0 aromatic heterocycles. The third-order valence-corrected chi connectivity index (χ3v) is 5.34. The Bertz CT molecular complexity index is 1000. The van der Waals surface area contributed by atoms with Crippen molar-refractivity contribution in [2.45, 2.75) is 31.8 Å². The van der Waals surface area contributed by atoms with E-state index in [1.54, 1.807) is 24.3 Å². The molecule has 4 rings (SSSR count). The molecule has 0 radical (unpaired) electrons. The van der Waals surface area contributed by atoms with Gasteiger partial charge in [-0.2, -0.15) is 0 Å². The lowest BCUT2D eigenvalue weighted by molar-refractivity contribution is -0.123. The van der Waals surface area contributed by atoms with Gasteiger partial charge in [0.05, 0.1) is 0 Å². The van der Waals surface area contributed by atoms with E-state index >= 15 is 0 Å². The van der Waals surface area contributed by atoms with Crippen molar-refractivity contribution in [3.05, 3.63) is 107 Å². The molecule has 2 amide bonds. The molecule has 0 fully saturated rings. The molecule has 0 saturated carbocycles. The van der Waals surface area contributed by atoms with Crippen LogP contribution in [0.1, 0.15) is 45.1 Å². The number of aryl methyl sites for hydroxylation is 2. The Morgan fingerprint density at radius 2 is 1.52 bits per heavy atom. The molecule has 4 heteroatoms. The van der Waals surface area contributed by atoms with Gasteiger partial charge in [-0.3, -0.25) is 9.59 Å². The summed E-state index contributed by atoms with van der Waals surface area (Å²) in [6.07, 6.45) is 3.45. The molecule has 0 bridgehead atoms. The highest BCUT2D eigenvalue weighted by molar-refractivity contribution is 5.97. The molecule has 29 heavy (non-hydrogen) atoms. The van der Waals surface area contributed by atoms with Gasteiger partial charge in [0.15, 0.2) is 0 Å². The van der Waals surface area contributed by atoms with Gasteiger partial charge in [-0.1, -0.05) is 66.7 Å². The topological polar surface area (TPSA) is 58.2 Å². The summed E-state index contributed by atoms with van der Waals surface area (Å²) in [6.45, 7) is 0.441. The van der Waals surface area contributed by atoms with E-state index in [-0.39, 0.29) is 11.8 Å². The number of hydrogen-bond acceptors (Lipinski definition) is 2. The van der Waals surface area contributed by atoms with Crippen molar-refractivity contribution >= 4 is 11.8 Å². The monoisotopic (exact) mass is 384 g/mol. The van der Waals surface area contributed by atoms with E-state index < -0.39 is 6.04 Å². The lowest BCUT2D eigenvalue weighted by Crippen LogP contribution is -2.40. The van der Waals surface area contributed by atoms with Crippen LogP contribution in [0.4, 0.5) is 0 Å². The summed E-state index contributed by atoms with van der Waals surface area (Å²) in [5.41, 5.74) is 5.16. The highest BCUT2D eigenvalue weighted by atomic mass is 16.2. The first-order valence-electron chi connectivity index (χ1n) is 10.00. The second kappa shape index (κ2) is 8.74. The van der Waals surface area contributed by atoms with Gasteiger partial charge in [0, 0.05) is 12.1 Å². The highest BCUT2D eigenvalue weighted by Crippen LogP contribution is 2.23. The molecule has 3 aromatic carbocycles. The van der Waals surface area contributed by atoms with E-state index in [1.807, 2.05) is 36.4 Å². The Balaban J connectivity index is 1.48. The predicted molar refractivity (Wildman–Crippen MR) is 113 cm³/mol. The van der Waals surface area contributed by atoms with E-state index in [2.05, 4.69) is 28.8 Å². The number of carbonyl (C=O) groups excluding carboxylic acids is 2. The van der Waals surface area contributed by atoms with Crippen molar-refractivity contribution in [2.24, 2.45) is 0 Å². The van der Waals surface area contributed by atoms with Gasteiger partial charge in [-0.15, -0.1) is 0 Å². The molecule has 2 N–H and O–H groups in total. The maximum Gasteiger partial charge on any atom is 0.252 e. The fourth-order valence-electron chi connectivity index (χ4n) is 3.78. The lowest BCUT2D eigenvalue weighted by Gasteiger charge is -2.19. The zero-order valence-corrected chi connectivity index (χ0v) is 16.2. The molecular weight excluding hydrogens is 360 g/mol. The Kier molecular flexibility index (Phi) is 5.71. The van der Waals surface area contributed by atoms with Crippen LogP contribution in [-0.2, 0) is 24.2 Å². The van der Waals surface area contributed by atoms with Gasteiger partial charge in [-0.05, 0) is 53.6 Å². The Morgan fingerprint density at radius 3 is 2.28 bits per heavy atom. The third kappa shape index (κ3) is 4.54. The summed E-state index contributed by atoms with van der Waals surface area (Å²) in [5.74, 6) is -0.492. The molecular formula is C25H24N2O2. The van der Waals surface area contributed by atoms with Crippen LogP contribution in [0, 0.1) is 0 Å². The molecule has 146 valence electrons. The van der Waals surface area contributed by atoms with Gasteiger partial charge in [-0.25, -0.2) is 0 Å². The standard InChI is InChI=1S/C25H24N2O2/c28-24(21-10-5-2-6-11-21)27-23(20-8-3-1-4-9-20)25(29)26-17-18-14-15-19-12-7-13-22(19)16-18/h1-6,8-11,14-16,23H,7,12-13,17H2,(H,26,29)(H,27,28). The second-order valence-corrected chi connectivity index (χ2v) is 7.36. The SMILES string of the molecule is O=C(NC(C(=O)NCc1ccc2c(c1)CCC2)c1ccccc1)c1ccccc1. The highest BCUT2D eigenvalue weighted by Gasteiger charge is 2.23. The van der Waals surface area contributed by atoms with Crippen molar-refractivity contribution in [1.82, 2.24) is 10.6 Å². The lowest BCUT2D eigenvalue weighted by atomic mass is 10.0. The fraction of sp³-hybridized carbons (Fsp3) is 0.200. The Hall–Kier alpha value is -3.40. The second-order valence-electron chi connectivity index (χ2n) is 7.36. The minimum Gasteiger partial charge on any atom is -0.350 e. The zero-order chi connectivity index (χ0) is 20.1. The number of hydrogen-bond donors (Lipinski definition) is 2. The van der Waals surface area contributed by atoms with E-state index in [1.165, 1.54) is 17.5 Å². The molecule has 1 aliphatic carbocycles. The molecule has 0 heterocycles. The van der Waals surface area contributed by atoms with Gasteiger partial charge < -0.3 is 10.6 Å². The molecule has 3 aromatic rings. The normalized spacial score (nSPS) is 13.4. The van der Waals surface area contributed by atoms with Crippen LogP contribution in [0.3, 0.4) is 0 Å². The molecule has 4 nitrogen and oxygen atoms in total. The third-order valence-electron chi connectivity index (χ3n) is 5.34. The van der Waals surface area contributed by atoms with Crippen LogP contribution >= 0.6 is 0 Å². The summed E-state index contributed by atoms with van der Waals surface area (Å²) in [5, 5.41) is 5.87. The molecule has 1 unspecified atom stereocenters. The number of carbonyl (C=O) groups is 2. The zero-order valence-electron chi connectivity index (χ0n) is 16.2. The van der Waals surface area contributed by atoms with Crippen LogP contribution in [0.25, 0.3) is 0 Å². The molecule has 0 aliphatic heterocycles. The number of fused-ring (bicyclic) bond motifs is 1. The summed E-state index contributed by atoms with van der Waals surface area (Å²) >= 11 is 0. The average molecular weight is 384 g/mol. The van der Waals surface area contributed by atoms with Crippen LogP contribution in [0.2, 0.25) is 0 Å². The average Bonchev–Trinajstić information content (AvgIpc) is 3.25. The maximum atomic E-state index is 13.0. The summed E-state index contributed by atoms with van der Waals surface area (Å²) in [4.78, 5) is 25.6. The first kappa shape index (κ1) is 18.9. The van der Waals surface area contributed by atoms with Gasteiger partial charge in [0.2, 0.25) is 5.91 Å².